The number of benzene rings is 2. The molecule has 0 spiro atoms. The Labute approximate surface area is 175 Å². The number of ether oxygens (including phenoxy) is 1. The molecule has 1 aliphatic heterocycles. The van der Waals surface area contributed by atoms with E-state index in [1.807, 2.05) is 60.4 Å². The molecule has 5 nitrogen and oxygen atoms in total. The van der Waals surface area contributed by atoms with Crippen molar-refractivity contribution in [3.05, 3.63) is 70.4 Å². The van der Waals surface area contributed by atoms with Gasteiger partial charge in [0.2, 0.25) is 5.91 Å². The van der Waals surface area contributed by atoms with Crippen molar-refractivity contribution >= 4 is 17.5 Å². The quantitative estimate of drug-likeness (QED) is 0.534. The third kappa shape index (κ3) is 4.46. The minimum Gasteiger partial charge on any atom is -0.493 e. The van der Waals surface area contributed by atoms with Gasteiger partial charge in [-0.05, 0) is 49.2 Å². The number of hydrogen-bond donors (Lipinski definition) is 0. The lowest BCUT2D eigenvalue weighted by molar-refractivity contribution is -0.132. The summed E-state index contributed by atoms with van der Waals surface area (Å²) in [6, 6.07) is 15.4. The monoisotopic (exact) mass is 410 g/mol. The fourth-order valence-corrected chi connectivity index (χ4v) is 3.66. The Kier molecular flexibility index (Phi) is 5.86. The van der Waals surface area contributed by atoms with Crippen LogP contribution in [0.2, 0.25) is 5.02 Å². The van der Waals surface area contributed by atoms with E-state index in [2.05, 4.69) is 5.16 Å². The van der Waals surface area contributed by atoms with Gasteiger partial charge in [-0.1, -0.05) is 35.0 Å². The van der Waals surface area contributed by atoms with Crippen LogP contribution >= 0.6 is 11.6 Å². The van der Waals surface area contributed by atoms with E-state index in [9.17, 15) is 4.79 Å². The molecule has 6 heteroatoms. The van der Waals surface area contributed by atoms with Crippen LogP contribution in [0.15, 0.2) is 53.1 Å². The molecule has 0 atom stereocenters. The van der Waals surface area contributed by atoms with Crippen molar-refractivity contribution in [2.24, 2.45) is 0 Å². The average molecular weight is 411 g/mol. The molecular formula is C23H23ClN2O3. The topological polar surface area (TPSA) is 55.6 Å². The van der Waals surface area contributed by atoms with Gasteiger partial charge in [0.05, 0.1) is 18.8 Å². The van der Waals surface area contributed by atoms with Crippen molar-refractivity contribution in [3.8, 4) is 17.1 Å². The van der Waals surface area contributed by atoms with Gasteiger partial charge >= 0.3 is 0 Å². The Hall–Kier alpha value is -2.79. The van der Waals surface area contributed by atoms with Crippen molar-refractivity contribution < 1.29 is 14.1 Å². The lowest BCUT2D eigenvalue weighted by Crippen LogP contribution is -2.36. The summed E-state index contributed by atoms with van der Waals surface area (Å²) in [7, 11) is 0. The smallest absolute Gasteiger partial charge is 0.223 e. The van der Waals surface area contributed by atoms with Crippen molar-refractivity contribution in [1.29, 1.82) is 0 Å². The highest BCUT2D eigenvalue weighted by atomic mass is 35.5. The van der Waals surface area contributed by atoms with E-state index in [1.165, 1.54) is 0 Å². The number of fused-ring (bicyclic) bond motifs is 1. The summed E-state index contributed by atoms with van der Waals surface area (Å²) >= 11 is 5.98. The lowest BCUT2D eigenvalue weighted by atomic mass is 10.0. The number of carbonyl (C=O) groups excluding carboxylic acids is 1. The third-order valence-electron chi connectivity index (χ3n) is 5.18. The normalized spacial score (nSPS) is 13.2. The summed E-state index contributed by atoms with van der Waals surface area (Å²) in [4.78, 5) is 14.6. The maximum atomic E-state index is 12.7. The first kappa shape index (κ1) is 19.5. The molecule has 150 valence electrons. The maximum Gasteiger partial charge on any atom is 0.223 e. The number of carbonyl (C=O) groups is 1. The van der Waals surface area contributed by atoms with E-state index in [0.29, 0.717) is 44.0 Å². The molecule has 0 fully saturated rings. The van der Waals surface area contributed by atoms with Gasteiger partial charge in [-0.2, -0.15) is 0 Å². The lowest BCUT2D eigenvalue weighted by Gasteiger charge is -2.26. The molecule has 1 aromatic heterocycles. The highest BCUT2D eigenvalue weighted by Gasteiger charge is 2.27. The van der Waals surface area contributed by atoms with Crippen LogP contribution < -0.4 is 4.74 Å². The molecule has 1 amide bonds. The molecule has 0 saturated carbocycles. The molecule has 0 bridgehead atoms. The fraction of sp³-hybridized carbons (Fsp3) is 0.304. The first-order valence-electron chi connectivity index (χ1n) is 9.81. The second kappa shape index (κ2) is 8.70. The molecule has 0 unspecified atom stereocenters. The molecule has 1 aliphatic rings. The van der Waals surface area contributed by atoms with Crippen molar-refractivity contribution in [2.45, 2.75) is 32.7 Å². The second-order valence-corrected chi connectivity index (χ2v) is 7.66. The van der Waals surface area contributed by atoms with E-state index < -0.39 is 0 Å². The summed E-state index contributed by atoms with van der Waals surface area (Å²) in [5.41, 5.74) is 3.94. The summed E-state index contributed by atoms with van der Waals surface area (Å²) < 4.78 is 11.4. The first-order chi connectivity index (χ1) is 14.1. The standard InChI is InChI=1S/C23H23ClN2O3/c1-16-5-2-3-6-21(16)28-14-4-7-22(27)26-13-12-20-19(15-26)23(29-25-20)17-8-10-18(24)11-9-17/h2-3,5-6,8-11H,4,7,12-15H2,1H3. The zero-order valence-corrected chi connectivity index (χ0v) is 17.1. The zero-order chi connectivity index (χ0) is 20.2. The van der Waals surface area contributed by atoms with Gasteiger partial charge in [-0.3, -0.25) is 4.79 Å². The third-order valence-corrected chi connectivity index (χ3v) is 5.43. The minimum absolute atomic E-state index is 0.132. The zero-order valence-electron chi connectivity index (χ0n) is 16.4. The van der Waals surface area contributed by atoms with Crippen LogP contribution in [0.5, 0.6) is 5.75 Å². The number of halogens is 1. The van der Waals surface area contributed by atoms with E-state index in [1.54, 1.807) is 0 Å². The van der Waals surface area contributed by atoms with Crippen molar-refractivity contribution in [2.75, 3.05) is 13.2 Å². The molecule has 0 radical (unpaired) electrons. The van der Waals surface area contributed by atoms with Crippen LogP contribution in [0.4, 0.5) is 0 Å². The fourth-order valence-electron chi connectivity index (χ4n) is 3.54. The van der Waals surface area contributed by atoms with Gasteiger partial charge in [0.15, 0.2) is 5.76 Å². The van der Waals surface area contributed by atoms with Crippen LogP contribution in [0.25, 0.3) is 11.3 Å². The SMILES string of the molecule is Cc1ccccc1OCCCC(=O)N1CCc2noc(-c3ccc(Cl)cc3)c2C1. The van der Waals surface area contributed by atoms with Crippen molar-refractivity contribution in [3.63, 3.8) is 0 Å². The highest BCUT2D eigenvalue weighted by molar-refractivity contribution is 6.30. The molecule has 3 aromatic rings. The molecule has 2 heterocycles. The predicted octanol–water partition coefficient (Wildman–Crippen LogP) is 5.05. The summed E-state index contributed by atoms with van der Waals surface area (Å²) in [5.74, 6) is 1.73. The first-order valence-corrected chi connectivity index (χ1v) is 10.2. The van der Waals surface area contributed by atoms with Gasteiger partial charge in [0.1, 0.15) is 5.75 Å². The van der Waals surface area contributed by atoms with Crippen molar-refractivity contribution in [1.82, 2.24) is 10.1 Å². The van der Waals surface area contributed by atoms with Gasteiger partial charge in [-0.15, -0.1) is 0 Å². The number of aryl methyl sites for hydroxylation is 1. The van der Waals surface area contributed by atoms with Crippen LogP contribution in [0, 0.1) is 6.92 Å². The van der Waals surface area contributed by atoms with Gasteiger partial charge < -0.3 is 14.2 Å². The van der Waals surface area contributed by atoms with E-state index in [-0.39, 0.29) is 5.91 Å². The average Bonchev–Trinajstić information content (AvgIpc) is 3.16. The van der Waals surface area contributed by atoms with Gasteiger partial charge in [0, 0.05) is 35.5 Å². The van der Waals surface area contributed by atoms with E-state index in [4.69, 9.17) is 20.9 Å². The number of nitrogens with zero attached hydrogens (tertiary/aromatic N) is 2. The predicted molar refractivity (Wildman–Crippen MR) is 112 cm³/mol. The Bertz CT molecular complexity index is 998. The Morgan fingerprint density at radius 3 is 2.79 bits per heavy atom. The molecular weight excluding hydrogens is 388 g/mol. The number of aromatic nitrogens is 1. The summed E-state index contributed by atoms with van der Waals surface area (Å²) in [6.45, 7) is 3.73. The van der Waals surface area contributed by atoms with Crippen LogP contribution in [-0.2, 0) is 17.8 Å². The molecule has 2 aromatic carbocycles. The minimum atomic E-state index is 0.132. The summed E-state index contributed by atoms with van der Waals surface area (Å²) in [6.07, 6.45) is 1.85. The molecule has 0 saturated heterocycles. The van der Waals surface area contributed by atoms with Crippen LogP contribution in [0.3, 0.4) is 0 Å². The van der Waals surface area contributed by atoms with Gasteiger partial charge in [0.25, 0.3) is 0 Å². The second-order valence-electron chi connectivity index (χ2n) is 7.23. The van der Waals surface area contributed by atoms with Gasteiger partial charge in [-0.25, -0.2) is 0 Å². The summed E-state index contributed by atoms with van der Waals surface area (Å²) in [5, 5.41) is 4.87. The molecule has 0 aliphatic carbocycles. The molecule has 29 heavy (non-hydrogen) atoms. The Morgan fingerprint density at radius 1 is 1.21 bits per heavy atom. The number of rotatable bonds is 6. The molecule has 0 N–H and O–H groups in total. The van der Waals surface area contributed by atoms with E-state index >= 15 is 0 Å². The Morgan fingerprint density at radius 2 is 2.00 bits per heavy atom. The Balaban J connectivity index is 1.34. The largest absolute Gasteiger partial charge is 0.493 e. The van der Waals surface area contributed by atoms with Crippen LogP contribution in [0.1, 0.15) is 29.7 Å². The maximum absolute atomic E-state index is 12.7. The van der Waals surface area contributed by atoms with E-state index in [0.717, 1.165) is 33.9 Å². The number of hydrogen-bond acceptors (Lipinski definition) is 4. The molecule has 4 rings (SSSR count). The van der Waals surface area contributed by atoms with Crippen LogP contribution in [-0.4, -0.2) is 29.1 Å². The number of para-hydroxylation sites is 1. The number of amides is 1. The highest BCUT2D eigenvalue weighted by Crippen LogP contribution is 2.31.